The third-order valence-electron chi connectivity index (χ3n) is 2.77. The van der Waals surface area contributed by atoms with Gasteiger partial charge >= 0.3 is 0 Å². The smallest absolute Gasteiger partial charge is 0.148 e. The molecule has 1 unspecified atom stereocenters. The molecule has 15 heavy (non-hydrogen) atoms. The molecule has 2 rings (SSSR count). The molecule has 1 N–H and O–H groups in total. The molecule has 0 spiro atoms. The van der Waals surface area contributed by atoms with Gasteiger partial charge in [-0.25, -0.2) is 4.98 Å². The van der Waals surface area contributed by atoms with Gasteiger partial charge in [-0.3, -0.25) is 5.32 Å². The number of nitrogens with zero attached hydrogens (tertiary/aromatic N) is 2. The van der Waals surface area contributed by atoms with Gasteiger partial charge in [-0.05, 0) is 19.8 Å². The maximum atomic E-state index is 9.10. The first-order valence-corrected chi connectivity index (χ1v) is 6.25. The molecule has 1 aromatic rings. The van der Waals surface area contributed by atoms with Crippen LogP contribution >= 0.6 is 11.3 Å². The van der Waals surface area contributed by atoms with Crippen LogP contribution in [0.1, 0.15) is 42.4 Å². The van der Waals surface area contributed by atoms with Gasteiger partial charge in [0.15, 0.2) is 0 Å². The SMILES string of the molecule is Cc1csc(C(C#N)NC2CCCC2)n1. The summed E-state index contributed by atoms with van der Waals surface area (Å²) in [5.41, 5.74) is 1.00. The Hall–Kier alpha value is -0.920. The average molecular weight is 221 g/mol. The van der Waals surface area contributed by atoms with E-state index in [-0.39, 0.29) is 6.04 Å². The summed E-state index contributed by atoms with van der Waals surface area (Å²) < 4.78 is 0. The lowest BCUT2D eigenvalue weighted by Crippen LogP contribution is -2.29. The molecule has 1 aliphatic rings. The molecular formula is C11H15N3S. The van der Waals surface area contributed by atoms with Crippen molar-refractivity contribution in [1.29, 1.82) is 5.26 Å². The maximum absolute atomic E-state index is 9.10. The van der Waals surface area contributed by atoms with E-state index in [1.165, 1.54) is 25.7 Å². The fourth-order valence-corrected chi connectivity index (χ4v) is 2.79. The number of nitriles is 1. The minimum atomic E-state index is -0.216. The summed E-state index contributed by atoms with van der Waals surface area (Å²) in [7, 11) is 0. The van der Waals surface area contributed by atoms with Gasteiger partial charge in [-0.2, -0.15) is 5.26 Å². The largest absolute Gasteiger partial charge is 0.293 e. The van der Waals surface area contributed by atoms with E-state index in [1.807, 2.05) is 12.3 Å². The lowest BCUT2D eigenvalue weighted by atomic mass is 10.2. The Balaban J connectivity index is 2.01. The van der Waals surface area contributed by atoms with Gasteiger partial charge in [0.2, 0.25) is 0 Å². The Labute approximate surface area is 94.1 Å². The fourth-order valence-electron chi connectivity index (χ4n) is 2.00. The molecule has 4 heteroatoms. The molecule has 0 aliphatic heterocycles. The summed E-state index contributed by atoms with van der Waals surface area (Å²) in [6.45, 7) is 1.96. The van der Waals surface area contributed by atoms with Crippen molar-refractivity contribution in [2.75, 3.05) is 0 Å². The van der Waals surface area contributed by atoms with Crippen LogP contribution in [0.4, 0.5) is 0 Å². The van der Waals surface area contributed by atoms with E-state index in [2.05, 4.69) is 16.4 Å². The van der Waals surface area contributed by atoms with Gasteiger partial charge in [0, 0.05) is 17.1 Å². The third-order valence-corrected chi connectivity index (χ3v) is 3.80. The second kappa shape index (κ2) is 4.73. The zero-order valence-corrected chi connectivity index (χ0v) is 9.68. The zero-order valence-electron chi connectivity index (χ0n) is 8.86. The van der Waals surface area contributed by atoms with Crippen molar-refractivity contribution in [2.45, 2.75) is 44.7 Å². The zero-order chi connectivity index (χ0) is 10.7. The lowest BCUT2D eigenvalue weighted by molar-refractivity contribution is 0.491. The van der Waals surface area contributed by atoms with Gasteiger partial charge in [0.25, 0.3) is 0 Å². The number of nitrogens with one attached hydrogen (secondary N) is 1. The van der Waals surface area contributed by atoms with E-state index in [1.54, 1.807) is 11.3 Å². The highest BCUT2D eigenvalue weighted by molar-refractivity contribution is 7.09. The minimum absolute atomic E-state index is 0.216. The standard InChI is InChI=1S/C11H15N3S/c1-8-7-15-11(13-8)10(6-12)14-9-4-2-3-5-9/h7,9-10,14H,2-5H2,1H3. The Morgan fingerprint density at radius 2 is 2.33 bits per heavy atom. The molecule has 0 radical (unpaired) electrons. The first kappa shape index (κ1) is 10.6. The van der Waals surface area contributed by atoms with Crippen molar-refractivity contribution in [3.8, 4) is 6.07 Å². The Morgan fingerprint density at radius 1 is 1.60 bits per heavy atom. The molecular weight excluding hydrogens is 206 g/mol. The highest BCUT2D eigenvalue weighted by Gasteiger charge is 2.21. The summed E-state index contributed by atoms with van der Waals surface area (Å²) in [5, 5.41) is 15.4. The van der Waals surface area contributed by atoms with Crippen molar-refractivity contribution in [2.24, 2.45) is 0 Å². The van der Waals surface area contributed by atoms with Crippen LogP contribution in [-0.2, 0) is 0 Å². The van der Waals surface area contributed by atoms with Crippen LogP contribution in [0.15, 0.2) is 5.38 Å². The average Bonchev–Trinajstić information content (AvgIpc) is 2.85. The molecule has 1 saturated carbocycles. The lowest BCUT2D eigenvalue weighted by Gasteiger charge is -2.14. The predicted molar refractivity (Wildman–Crippen MR) is 60.6 cm³/mol. The van der Waals surface area contributed by atoms with Gasteiger partial charge in [-0.15, -0.1) is 11.3 Å². The van der Waals surface area contributed by atoms with Crippen molar-refractivity contribution < 1.29 is 0 Å². The number of rotatable bonds is 3. The monoisotopic (exact) mass is 221 g/mol. The van der Waals surface area contributed by atoms with Crippen molar-refractivity contribution in [3.63, 3.8) is 0 Å². The second-order valence-corrected chi connectivity index (χ2v) is 4.93. The number of thiazole rings is 1. The quantitative estimate of drug-likeness (QED) is 0.853. The molecule has 3 nitrogen and oxygen atoms in total. The van der Waals surface area contributed by atoms with Crippen LogP contribution in [-0.4, -0.2) is 11.0 Å². The summed E-state index contributed by atoms with van der Waals surface area (Å²) in [4.78, 5) is 4.36. The number of aromatic nitrogens is 1. The Bertz CT molecular complexity index is 360. The first-order valence-electron chi connectivity index (χ1n) is 5.37. The van der Waals surface area contributed by atoms with E-state index in [0.717, 1.165) is 10.7 Å². The van der Waals surface area contributed by atoms with Crippen molar-refractivity contribution >= 4 is 11.3 Å². The molecule has 1 heterocycles. The summed E-state index contributed by atoms with van der Waals surface area (Å²) >= 11 is 1.57. The Morgan fingerprint density at radius 3 is 2.87 bits per heavy atom. The highest BCUT2D eigenvalue weighted by atomic mass is 32.1. The molecule has 1 atom stereocenters. The minimum Gasteiger partial charge on any atom is -0.293 e. The van der Waals surface area contributed by atoms with Crippen LogP contribution in [0.5, 0.6) is 0 Å². The molecule has 1 aliphatic carbocycles. The predicted octanol–water partition coefficient (Wildman–Crippen LogP) is 2.55. The molecule has 80 valence electrons. The molecule has 0 amide bonds. The fraction of sp³-hybridized carbons (Fsp3) is 0.636. The van der Waals surface area contributed by atoms with Gasteiger partial charge in [0.1, 0.15) is 11.0 Å². The van der Waals surface area contributed by atoms with E-state index in [4.69, 9.17) is 5.26 Å². The first-order chi connectivity index (χ1) is 7.29. The van der Waals surface area contributed by atoms with Crippen molar-refractivity contribution in [1.82, 2.24) is 10.3 Å². The maximum Gasteiger partial charge on any atom is 0.148 e. The number of aryl methyl sites for hydroxylation is 1. The highest BCUT2D eigenvalue weighted by Crippen LogP contribution is 2.23. The summed E-state index contributed by atoms with van der Waals surface area (Å²) in [6.07, 6.45) is 4.96. The topological polar surface area (TPSA) is 48.7 Å². The van der Waals surface area contributed by atoms with Crippen molar-refractivity contribution in [3.05, 3.63) is 16.1 Å². The molecule has 0 bridgehead atoms. The number of hydrogen-bond acceptors (Lipinski definition) is 4. The normalized spacial score (nSPS) is 18.9. The van der Waals surface area contributed by atoms with E-state index in [0.29, 0.717) is 6.04 Å². The molecule has 0 saturated heterocycles. The van der Waals surface area contributed by atoms with Gasteiger partial charge in [0.05, 0.1) is 6.07 Å². The Kier molecular flexibility index (Phi) is 3.34. The third kappa shape index (κ3) is 2.55. The second-order valence-electron chi connectivity index (χ2n) is 4.04. The van der Waals surface area contributed by atoms with Crippen LogP contribution in [0.2, 0.25) is 0 Å². The summed E-state index contributed by atoms with van der Waals surface area (Å²) in [6, 6.07) is 2.59. The molecule has 0 aromatic carbocycles. The van der Waals surface area contributed by atoms with Crippen LogP contribution in [0.25, 0.3) is 0 Å². The molecule has 1 aromatic heterocycles. The van der Waals surface area contributed by atoms with E-state index in [9.17, 15) is 0 Å². The van der Waals surface area contributed by atoms with Gasteiger partial charge in [-0.1, -0.05) is 12.8 Å². The van der Waals surface area contributed by atoms with Crippen LogP contribution in [0.3, 0.4) is 0 Å². The van der Waals surface area contributed by atoms with Gasteiger partial charge < -0.3 is 0 Å². The van der Waals surface area contributed by atoms with Crippen LogP contribution < -0.4 is 5.32 Å². The van der Waals surface area contributed by atoms with E-state index >= 15 is 0 Å². The number of hydrogen-bond donors (Lipinski definition) is 1. The van der Waals surface area contributed by atoms with Crippen LogP contribution in [0, 0.1) is 18.3 Å². The molecule has 1 fully saturated rings. The van der Waals surface area contributed by atoms with E-state index < -0.39 is 0 Å². The summed E-state index contributed by atoms with van der Waals surface area (Å²) in [5.74, 6) is 0.